The molecule has 0 saturated heterocycles. The average Bonchev–Trinajstić information content (AvgIpc) is 3.60. The first-order valence-corrected chi connectivity index (χ1v) is 21.8. The molecule has 0 amide bonds. The van der Waals surface area contributed by atoms with Crippen LogP contribution in [-0.2, 0) is 0 Å². The van der Waals surface area contributed by atoms with Crippen LogP contribution in [0.2, 0.25) is 0 Å². The minimum atomic E-state index is -0.783. The van der Waals surface area contributed by atoms with Gasteiger partial charge in [-0.25, -0.2) is 0 Å². The Labute approximate surface area is 356 Å². The first-order chi connectivity index (χ1) is 28.7. The van der Waals surface area contributed by atoms with Crippen LogP contribution in [0.25, 0.3) is 32.9 Å². The van der Waals surface area contributed by atoms with Gasteiger partial charge in [0.25, 0.3) is 0 Å². The maximum atomic E-state index is 12.5. The number of hydrogen-bond acceptors (Lipinski definition) is 6. The van der Waals surface area contributed by atoms with Gasteiger partial charge in [0, 0.05) is 39.9 Å². The lowest BCUT2D eigenvalue weighted by atomic mass is 9.68. The van der Waals surface area contributed by atoms with E-state index < -0.39 is 12.3 Å². The number of hydrogen-bond donors (Lipinski definition) is 3. The van der Waals surface area contributed by atoms with Gasteiger partial charge in [0.2, 0.25) is 0 Å². The van der Waals surface area contributed by atoms with Gasteiger partial charge in [-0.15, -0.1) is 0 Å². The van der Waals surface area contributed by atoms with Crippen molar-refractivity contribution < 1.29 is 9.52 Å². The van der Waals surface area contributed by atoms with Crippen molar-refractivity contribution >= 4 is 38.8 Å². The van der Waals surface area contributed by atoms with Crippen LogP contribution in [0, 0.1) is 22.7 Å². The maximum Gasteiger partial charge on any atom is 0.176 e. The molecule has 60 heavy (non-hydrogen) atoms. The molecule has 0 radical (unpaired) electrons. The molecule has 4 aliphatic rings. The molecule has 0 bridgehead atoms. The zero-order valence-electron chi connectivity index (χ0n) is 36.7. The number of allylic oxidation sites excluding steroid dienone is 4. The summed E-state index contributed by atoms with van der Waals surface area (Å²) >= 11 is 0. The fourth-order valence-electron chi connectivity index (χ4n) is 10.1. The van der Waals surface area contributed by atoms with Crippen LogP contribution >= 0.6 is 0 Å². The minimum Gasteiger partial charge on any atom is -0.452 e. The fraction of sp³-hybridized carbons (Fsp3) is 0.352. The Morgan fingerprint density at radius 2 is 1.57 bits per heavy atom. The Kier molecular flexibility index (Phi) is 10.2. The summed E-state index contributed by atoms with van der Waals surface area (Å²) in [5.74, 6) is 0.801. The van der Waals surface area contributed by atoms with Gasteiger partial charge in [0.05, 0.1) is 29.7 Å². The van der Waals surface area contributed by atoms with Crippen LogP contribution in [0.5, 0.6) is 0 Å². The van der Waals surface area contributed by atoms with Gasteiger partial charge >= 0.3 is 0 Å². The van der Waals surface area contributed by atoms with Crippen LogP contribution in [0.1, 0.15) is 86.2 Å². The molecule has 1 aromatic heterocycles. The van der Waals surface area contributed by atoms with Crippen LogP contribution in [0.3, 0.4) is 0 Å². The van der Waals surface area contributed by atoms with Crippen molar-refractivity contribution in [3.8, 4) is 11.1 Å². The number of nitrogens with one attached hydrogen (secondary N) is 2. The molecule has 0 saturated carbocycles. The molecule has 6 heteroatoms. The molecule has 4 aromatic carbocycles. The quantitative estimate of drug-likeness (QED) is 0.149. The second-order valence-electron chi connectivity index (χ2n) is 19.5. The topological polar surface area (TPSA) is 73.0 Å². The highest BCUT2D eigenvalue weighted by molar-refractivity contribution is 6.20. The number of para-hydroxylation sites is 1. The summed E-state index contributed by atoms with van der Waals surface area (Å²) in [7, 11) is 0. The Hall–Kier alpha value is -5.43. The summed E-state index contributed by atoms with van der Waals surface area (Å²) in [5.41, 5.74) is 11.2. The zero-order chi connectivity index (χ0) is 42.1. The number of furan rings is 1. The molecule has 6 nitrogen and oxygen atoms in total. The monoisotopic (exact) mass is 796 g/mol. The molecule has 308 valence electrons. The van der Waals surface area contributed by atoms with E-state index in [1.807, 2.05) is 12.1 Å². The molecule has 6 atom stereocenters. The van der Waals surface area contributed by atoms with Gasteiger partial charge in [0.1, 0.15) is 17.5 Å². The number of rotatable bonds is 6. The second-order valence-corrected chi connectivity index (χ2v) is 19.5. The molecule has 9 rings (SSSR count). The average molecular weight is 797 g/mol. The van der Waals surface area contributed by atoms with E-state index in [1.54, 1.807) is 0 Å². The summed E-state index contributed by atoms with van der Waals surface area (Å²) in [6.45, 7) is 21.2. The lowest BCUT2D eigenvalue weighted by Crippen LogP contribution is -2.54. The molecular formula is C54H60N4O2. The third-order valence-corrected chi connectivity index (χ3v) is 13.0. The first kappa shape index (κ1) is 40.0. The number of fused-ring (bicyclic) bond motifs is 4. The van der Waals surface area contributed by atoms with Crippen molar-refractivity contribution in [2.75, 3.05) is 16.8 Å². The maximum absolute atomic E-state index is 12.5. The molecule has 0 fully saturated rings. The van der Waals surface area contributed by atoms with Gasteiger partial charge in [-0.1, -0.05) is 163 Å². The molecule has 2 aliphatic carbocycles. The lowest BCUT2D eigenvalue weighted by Gasteiger charge is -2.46. The predicted octanol–water partition coefficient (Wildman–Crippen LogP) is 12.7. The first-order valence-electron chi connectivity index (χ1n) is 21.8. The summed E-state index contributed by atoms with van der Waals surface area (Å²) in [6, 6.07) is 30.4. The summed E-state index contributed by atoms with van der Waals surface area (Å²) in [6.07, 6.45) is 13.6. The number of nitrogens with zero attached hydrogens (tertiary/aromatic N) is 2. The van der Waals surface area contributed by atoms with Gasteiger partial charge in [0.15, 0.2) is 5.76 Å². The van der Waals surface area contributed by atoms with E-state index in [1.165, 1.54) is 27.8 Å². The van der Waals surface area contributed by atoms with Crippen molar-refractivity contribution in [2.45, 2.75) is 93.2 Å². The predicted molar refractivity (Wildman–Crippen MR) is 252 cm³/mol. The Balaban J connectivity index is 1.35. The zero-order valence-corrected chi connectivity index (χ0v) is 36.7. The van der Waals surface area contributed by atoms with E-state index in [2.05, 4.69) is 187 Å². The molecule has 2 aliphatic heterocycles. The smallest absolute Gasteiger partial charge is 0.176 e. The third kappa shape index (κ3) is 7.08. The summed E-state index contributed by atoms with van der Waals surface area (Å²) in [5, 5.41) is 23.7. The van der Waals surface area contributed by atoms with E-state index in [4.69, 9.17) is 9.41 Å². The van der Waals surface area contributed by atoms with Gasteiger partial charge < -0.3 is 19.7 Å². The lowest BCUT2D eigenvalue weighted by molar-refractivity contribution is 0.0998. The standard InChI is InChI=1S/C54H60N4O2/c1-32-27-33(2)48(34(3)28-32)58(44-25-17-18-26-55-44)49-38-22-14-13-21-36(38)29-40(45(49)35-19-11-10-12-20-35)52-56-46-39-23-15-16-24-43(39)60-51(46)47(57-52)41-30-37(53(4,5)6)31-42(50(41)59)54(7,8)9/h10-17,19-25,27-31,33,42,44,48,50,52,55-56,59H,18,26H2,1-9H3. The van der Waals surface area contributed by atoms with Crippen molar-refractivity contribution in [1.29, 1.82) is 0 Å². The van der Waals surface area contributed by atoms with E-state index in [-0.39, 0.29) is 34.9 Å². The Bertz CT molecular complexity index is 2660. The Morgan fingerprint density at radius 3 is 2.27 bits per heavy atom. The van der Waals surface area contributed by atoms with Gasteiger partial charge in [-0.05, 0) is 71.7 Å². The molecule has 0 spiro atoms. The summed E-state index contributed by atoms with van der Waals surface area (Å²) in [4.78, 5) is 8.41. The van der Waals surface area contributed by atoms with Crippen molar-refractivity contribution in [3.05, 3.63) is 155 Å². The SMILES string of the molecule is CC1=CC(C)C(N(c2c(-c3ccccc3)c(C3N=C(C4=CC(C(C)(C)C)=CC(C(C)(C)C)C4O)c4oc5ccccc5c4N3)cc3ccccc23)C2C=CCCN2)C(C)=C1. The van der Waals surface area contributed by atoms with Crippen LogP contribution in [-0.4, -0.2) is 35.7 Å². The minimum absolute atomic E-state index is 0.0373. The number of aliphatic imine (C=N–C) groups is 1. The van der Waals surface area contributed by atoms with Crippen molar-refractivity contribution in [1.82, 2.24) is 5.32 Å². The van der Waals surface area contributed by atoms with Gasteiger partial charge in [-0.3, -0.25) is 10.3 Å². The van der Waals surface area contributed by atoms with E-state index in [0.717, 1.165) is 57.3 Å². The summed E-state index contributed by atoms with van der Waals surface area (Å²) < 4.78 is 6.77. The van der Waals surface area contributed by atoms with Crippen LogP contribution in [0.15, 0.2) is 153 Å². The van der Waals surface area contributed by atoms with Crippen molar-refractivity contribution in [2.24, 2.45) is 27.7 Å². The highest BCUT2D eigenvalue weighted by Gasteiger charge is 2.42. The normalized spacial score (nSPS) is 24.5. The van der Waals surface area contributed by atoms with E-state index in [9.17, 15) is 5.11 Å². The fourth-order valence-corrected chi connectivity index (χ4v) is 10.1. The number of benzene rings is 4. The number of anilines is 2. The van der Waals surface area contributed by atoms with E-state index >= 15 is 0 Å². The largest absolute Gasteiger partial charge is 0.452 e. The third-order valence-electron chi connectivity index (χ3n) is 13.0. The number of aliphatic hydroxyl groups excluding tert-OH is 1. The molecule has 5 aromatic rings. The second kappa shape index (κ2) is 15.2. The highest BCUT2D eigenvalue weighted by atomic mass is 16.3. The Morgan fingerprint density at radius 1 is 0.850 bits per heavy atom. The molecule has 3 N–H and O–H groups in total. The van der Waals surface area contributed by atoms with Gasteiger partial charge in [-0.2, -0.15) is 0 Å². The molecular weight excluding hydrogens is 737 g/mol. The highest BCUT2D eigenvalue weighted by Crippen LogP contribution is 2.50. The van der Waals surface area contributed by atoms with Crippen LogP contribution < -0.4 is 15.5 Å². The van der Waals surface area contributed by atoms with Crippen LogP contribution in [0.4, 0.5) is 11.4 Å². The molecule has 3 heterocycles. The van der Waals surface area contributed by atoms with Crippen molar-refractivity contribution in [3.63, 3.8) is 0 Å². The van der Waals surface area contributed by atoms with E-state index in [0.29, 0.717) is 11.5 Å². The number of aliphatic hydroxyl groups is 1. The molecule has 6 unspecified atom stereocenters.